The highest BCUT2D eigenvalue weighted by Gasteiger charge is 2.33. The molecule has 11 aromatic rings. The van der Waals surface area contributed by atoms with Crippen LogP contribution in [0.3, 0.4) is 0 Å². The van der Waals surface area contributed by atoms with Gasteiger partial charge in [-0.25, -0.2) is 4.79 Å². The lowest BCUT2D eigenvalue weighted by Crippen LogP contribution is -2.33. The third-order valence-electron chi connectivity index (χ3n) is 11.5. The minimum absolute atomic E-state index is 0.143. The van der Waals surface area contributed by atoms with Crippen LogP contribution in [-0.2, 0) is 4.79 Å². The van der Waals surface area contributed by atoms with Gasteiger partial charge in [0.25, 0.3) is 0 Å². The molecule has 11 rings (SSSR count). The molecule has 0 aliphatic heterocycles. The quantitative estimate of drug-likeness (QED) is 0.0466. The lowest BCUT2D eigenvalue weighted by molar-refractivity contribution is -0.128. The molecule has 63 heavy (non-hydrogen) atoms. The number of hydrogen-bond donors (Lipinski definition) is 0. The molecular formula is C54H38O2S7. The van der Waals surface area contributed by atoms with Crippen LogP contribution in [0, 0.1) is 5.41 Å². The zero-order valence-electron chi connectivity index (χ0n) is 33.9. The Morgan fingerprint density at radius 1 is 0.429 bits per heavy atom. The Kier molecular flexibility index (Phi) is 11.5. The molecule has 0 saturated carbocycles. The van der Waals surface area contributed by atoms with Crippen LogP contribution in [0.15, 0.2) is 196 Å². The maximum atomic E-state index is 12.4. The van der Waals surface area contributed by atoms with Gasteiger partial charge in [0, 0.05) is 120 Å². The fourth-order valence-corrected chi connectivity index (χ4v) is 18.1. The Hall–Kier alpha value is -4.71. The molecule has 0 aliphatic rings. The van der Waals surface area contributed by atoms with E-state index in [4.69, 9.17) is 4.74 Å². The van der Waals surface area contributed by atoms with Crippen LogP contribution in [0.25, 0.3) is 71.3 Å². The van der Waals surface area contributed by atoms with Crippen LogP contribution in [0.4, 0.5) is 0 Å². The first-order valence-corrected chi connectivity index (χ1v) is 27.0. The summed E-state index contributed by atoms with van der Waals surface area (Å²) in [5.74, 6) is 3.79. The Morgan fingerprint density at radius 2 is 0.778 bits per heavy atom. The molecular weight excluding hydrogens is 905 g/mol. The standard InChI is InChI=1S/C54H38O2S7/c1-2-50(55)56-42-22-9-18-35-34(42)17-10-26-43(35)57-30-54(31-58-47-27-11-19-39-36-14-3-6-23-44(36)61-51(39)47,32-59-48-28-12-20-40-37-15-4-7-24-45(37)62-52(40)48)33-60-49-29-13-21-41-38-16-5-8-25-46(38)63-53(41)49/h2-29H,1,30-33H2. The van der Waals surface area contributed by atoms with E-state index < -0.39 is 5.97 Å². The van der Waals surface area contributed by atoms with Gasteiger partial charge < -0.3 is 4.74 Å². The second kappa shape index (κ2) is 17.7. The van der Waals surface area contributed by atoms with Crippen LogP contribution in [0.2, 0.25) is 0 Å². The van der Waals surface area contributed by atoms with Gasteiger partial charge in [-0.05, 0) is 53.9 Å². The van der Waals surface area contributed by atoms with Gasteiger partial charge in [0.15, 0.2) is 0 Å². The SMILES string of the molecule is C=CC(=O)Oc1cccc2c(SCC(CSc3cccc4c3sc3ccccc34)(CSc3cccc4c3sc3ccccc34)CSc3cccc4c3sc3ccccc34)cccc12. The summed E-state index contributed by atoms with van der Waals surface area (Å²) in [7, 11) is 0. The molecule has 3 aromatic heterocycles. The Balaban J connectivity index is 1.02. The number of benzene rings is 8. The van der Waals surface area contributed by atoms with E-state index in [1.807, 2.05) is 99.3 Å². The second-order valence-electron chi connectivity index (χ2n) is 15.6. The predicted molar refractivity (Wildman–Crippen MR) is 283 cm³/mol. The van der Waals surface area contributed by atoms with Crippen molar-refractivity contribution in [2.45, 2.75) is 19.6 Å². The fraction of sp³-hybridized carbons (Fsp3) is 0.0926. The summed E-state index contributed by atoms with van der Waals surface area (Å²) >= 11 is 13.7. The van der Waals surface area contributed by atoms with Gasteiger partial charge in [0.1, 0.15) is 5.75 Å². The Bertz CT molecular complexity index is 3240. The molecule has 0 aliphatic carbocycles. The van der Waals surface area contributed by atoms with E-state index in [-0.39, 0.29) is 5.41 Å². The normalized spacial score (nSPS) is 12.1. The van der Waals surface area contributed by atoms with Gasteiger partial charge in [-0.15, -0.1) is 81.1 Å². The highest BCUT2D eigenvalue weighted by Crippen LogP contribution is 2.49. The van der Waals surface area contributed by atoms with Crippen molar-refractivity contribution in [3.63, 3.8) is 0 Å². The van der Waals surface area contributed by atoms with Crippen LogP contribution in [0.1, 0.15) is 0 Å². The topological polar surface area (TPSA) is 26.3 Å². The number of thiophene rings is 3. The highest BCUT2D eigenvalue weighted by molar-refractivity contribution is 8.02. The maximum absolute atomic E-state index is 12.4. The number of carbonyl (C=O) groups is 1. The Labute approximate surface area is 394 Å². The van der Waals surface area contributed by atoms with Crippen LogP contribution in [-0.4, -0.2) is 29.0 Å². The van der Waals surface area contributed by atoms with Crippen LogP contribution in [0.5, 0.6) is 5.75 Å². The number of rotatable bonds is 14. The highest BCUT2D eigenvalue weighted by atomic mass is 32.2. The summed E-state index contributed by atoms with van der Waals surface area (Å²) in [5, 5.41) is 9.99. The van der Waals surface area contributed by atoms with E-state index in [9.17, 15) is 4.79 Å². The van der Waals surface area contributed by atoms with Gasteiger partial charge in [-0.3, -0.25) is 0 Å². The molecule has 0 atom stereocenters. The first kappa shape index (κ1) is 41.0. The van der Waals surface area contributed by atoms with E-state index in [2.05, 4.69) is 152 Å². The maximum Gasteiger partial charge on any atom is 0.335 e. The van der Waals surface area contributed by atoms with Crippen molar-refractivity contribution < 1.29 is 9.53 Å². The molecule has 0 spiro atoms. The largest absolute Gasteiger partial charge is 0.423 e. The summed E-state index contributed by atoms with van der Waals surface area (Å²) in [6, 6.07) is 59.3. The number of carbonyl (C=O) groups excluding carboxylic acids is 1. The van der Waals surface area contributed by atoms with E-state index in [0.717, 1.165) is 33.8 Å². The van der Waals surface area contributed by atoms with Crippen LogP contribution < -0.4 is 4.74 Å². The predicted octanol–water partition coefficient (Wildman–Crippen LogP) is 17.5. The first-order chi connectivity index (χ1) is 31.0. The third kappa shape index (κ3) is 7.96. The smallest absolute Gasteiger partial charge is 0.335 e. The lowest BCUT2D eigenvalue weighted by atomic mass is 9.99. The molecule has 9 heteroatoms. The molecule has 0 unspecified atom stereocenters. The molecule has 0 amide bonds. The monoisotopic (exact) mass is 942 g/mol. The van der Waals surface area contributed by atoms with Gasteiger partial charge in [0.05, 0.1) is 0 Å². The average molecular weight is 943 g/mol. The summed E-state index contributed by atoms with van der Waals surface area (Å²) in [4.78, 5) is 17.6. The Morgan fingerprint density at radius 3 is 1.22 bits per heavy atom. The average Bonchev–Trinajstić information content (AvgIpc) is 4.03. The number of hydrogen-bond acceptors (Lipinski definition) is 9. The molecule has 0 saturated heterocycles. The van der Waals surface area contributed by atoms with E-state index in [1.165, 1.54) is 86.2 Å². The van der Waals surface area contributed by atoms with Gasteiger partial charge in [-0.2, -0.15) is 0 Å². The minimum Gasteiger partial charge on any atom is -0.423 e. The van der Waals surface area contributed by atoms with Gasteiger partial charge in [0.2, 0.25) is 0 Å². The van der Waals surface area contributed by atoms with Crippen molar-refractivity contribution in [3.8, 4) is 5.75 Å². The van der Waals surface area contributed by atoms with Crippen molar-refractivity contribution in [3.05, 3.63) is 176 Å². The molecule has 308 valence electrons. The van der Waals surface area contributed by atoms with Gasteiger partial charge >= 0.3 is 5.97 Å². The lowest BCUT2D eigenvalue weighted by Gasteiger charge is -2.33. The van der Waals surface area contributed by atoms with E-state index in [1.54, 1.807) is 0 Å². The fourth-order valence-electron chi connectivity index (χ4n) is 8.30. The summed E-state index contributed by atoms with van der Waals surface area (Å²) in [6.45, 7) is 3.63. The molecule has 0 fully saturated rings. The first-order valence-electron chi connectivity index (χ1n) is 20.6. The van der Waals surface area contributed by atoms with E-state index >= 15 is 0 Å². The van der Waals surface area contributed by atoms with Crippen molar-refractivity contribution >= 4 is 158 Å². The summed E-state index contributed by atoms with van der Waals surface area (Å²) in [5.41, 5.74) is -0.143. The van der Waals surface area contributed by atoms with Crippen molar-refractivity contribution in [2.75, 3.05) is 23.0 Å². The van der Waals surface area contributed by atoms with Crippen molar-refractivity contribution in [1.82, 2.24) is 0 Å². The molecule has 0 bridgehead atoms. The number of thioether (sulfide) groups is 4. The molecule has 8 aromatic carbocycles. The van der Waals surface area contributed by atoms with Crippen LogP contribution >= 0.6 is 81.1 Å². The molecule has 0 N–H and O–H groups in total. The molecule has 2 nitrogen and oxygen atoms in total. The van der Waals surface area contributed by atoms with E-state index in [0.29, 0.717) is 5.75 Å². The second-order valence-corrected chi connectivity index (χ2v) is 22.8. The number of esters is 1. The van der Waals surface area contributed by atoms with Gasteiger partial charge in [-0.1, -0.05) is 122 Å². The summed E-state index contributed by atoms with van der Waals surface area (Å²) < 4.78 is 13.8. The minimum atomic E-state index is -0.457. The summed E-state index contributed by atoms with van der Waals surface area (Å²) in [6.07, 6.45) is 1.22. The third-order valence-corrected chi connectivity index (χ3v) is 21.2. The zero-order chi connectivity index (χ0) is 42.3. The van der Waals surface area contributed by atoms with Crippen molar-refractivity contribution in [1.29, 1.82) is 0 Å². The molecule has 0 radical (unpaired) electrons. The molecule has 3 heterocycles. The van der Waals surface area contributed by atoms with Crippen molar-refractivity contribution in [2.24, 2.45) is 5.41 Å². The zero-order valence-corrected chi connectivity index (χ0v) is 39.6. The number of fused-ring (bicyclic) bond motifs is 10. The number of ether oxygens (including phenoxy) is 1.